The number of rotatable bonds is 4. The molecule has 1 aliphatic heterocycles. The van der Waals surface area contributed by atoms with Crippen LogP contribution < -0.4 is 11.1 Å². The minimum Gasteiger partial charge on any atom is -0.409 e. The van der Waals surface area contributed by atoms with Crippen molar-refractivity contribution in [3.63, 3.8) is 0 Å². The van der Waals surface area contributed by atoms with E-state index in [0.29, 0.717) is 38.4 Å². The van der Waals surface area contributed by atoms with E-state index in [1.165, 1.54) is 0 Å². The molecule has 4 N–H and O–H groups in total. The van der Waals surface area contributed by atoms with Gasteiger partial charge in [-0.15, -0.1) is 0 Å². The van der Waals surface area contributed by atoms with Crippen molar-refractivity contribution in [2.45, 2.75) is 33.2 Å². The standard InChI is InChI=1S/C13H20N4O4/c1-8-10(9(2)21-17-8)7-15-12(18)13(11(14)16-19)3-5-20-6-4-13/h19H,3-7H2,1-2H3,(H2,14,16)(H,15,18). The molecule has 1 fully saturated rings. The predicted molar refractivity (Wildman–Crippen MR) is 73.7 cm³/mol. The second-order valence-corrected chi connectivity index (χ2v) is 5.17. The van der Waals surface area contributed by atoms with Gasteiger partial charge in [0, 0.05) is 25.3 Å². The fourth-order valence-electron chi connectivity index (χ4n) is 2.51. The maximum atomic E-state index is 12.5. The number of nitrogens with one attached hydrogen (secondary N) is 1. The van der Waals surface area contributed by atoms with E-state index in [2.05, 4.69) is 15.6 Å². The first-order valence-electron chi connectivity index (χ1n) is 6.77. The predicted octanol–water partition coefficient (Wildman–Crippen LogP) is 0.451. The highest BCUT2D eigenvalue weighted by Gasteiger charge is 2.44. The summed E-state index contributed by atoms with van der Waals surface area (Å²) in [6.45, 7) is 4.69. The summed E-state index contributed by atoms with van der Waals surface area (Å²) in [6, 6.07) is 0. The van der Waals surface area contributed by atoms with E-state index >= 15 is 0 Å². The molecule has 0 bridgehead atoms. The van der Waals surface area contributed by atoms with Gasteiger partial charge in [-0.2, -0.15) is 0 Å². The lowest BCUT2D eigenvalue weighted by Crippen LogP contribution is -2.52. The van der Waals surface area contributed by atoms with E-state index in [1.54, 1.807) is 6.92 Å². The maximum Gasteiger partial charge on any atom is 0.234 e. The Bertz CT molecular complexity index is 527. The second-order valence-electron chi connectivity index (χ2n) is 5.17. The minimum absolute atomic E-state index is 0.0814. The Morgan fingerprint density at radius 3 is 2.67 bits per heavy atom. The molecular formula is C13H20N4O4. The van der Waals surface area contributed by atoms with E-state index in [1.807, 2.05) is 6.92 Å². The van der Waals surface area contributed by atoms with Crippen LogP contribution in [0.5, 0.6) is 0 Å². The van der Waals surface area contributed by atoms with Gasteiger partial charge in [0.2, 0.25) is 5.91 Å². The molecule has 8 heteroatoms. The Labute approximate surface area is 122 Å². The summed E-state index contributed by atoms with van der Waals surface area (Å²) in [5, 5.41) is 18.7. The second kappa shape index (κ2) is 6.13. The Morgan fingerprint density at radius 1 is 1.48 bits per heavy atom. The van der Waals surface area contributed by atoms with E-state index in [0.717, 1.165) is 11.3 Å². The van der Waals surface area contributed by atoms with Gasteiger partial charge in [0.15, 0.2) is 5.84 Å². The van der Waals surface area contributed by atoms with Gasteiger partial charge in [-0.25, -0.2) is 0 Å². The number of hydrogen-bond acceptors (Lipinski definition) is 6. The molecule has 0 unspecified atom stereocenters. The monoisotopic (exact) mass is 296 g/mol. The molecule has 0 saturated carbocycles. The van der Waals surface area contributed by atoms with E-state index in [4.69, 9.17) is 20.2 Å². The summed E-state index contributed by atoms with van der Waals surface area (Å²) in [5.74, 6) is 0.306. The molecule has 0 spiro atoms. The molecule has 2 heterocycles. The Balaban J connectivity index is 2.13. The molecule has 1 aromatic rings. The normalized spacial score (nSPS) is 18.5. The van der Waals surface area contributed by atoms with E-state index in [9.17, 15) is 4.79 Å². The third-order valence-electron chi connectivity index (χ3n) is 3.99. The number of ether oxygens (including phenoxy) is 1. The van der Waals surface area contributed by atoms with Gasteiger partial charge in [0.1, 0.15) is 11.2 Å². The van der Waals surface area contributed by atoms with Crippen LogP contribution in [0.15, 0.2) is 9.68 Å². The van der Waals surface area contributed by atoms with Crippen molar-refractivity contribution in [2.75, 3.05) is 13.2 Å². The smallest absolute Gasteiger partial charge is 0.234 e. The molecule has 1 saturated heterocycles. The molecule has 0 radical (unpaired) electrons. The average molecular weight is 296 g/mol. The van der Waals surface area contributed by atoms with Crippen LogP contribution in [0, 0.1) is 19.3 Å². The van der Waals surface area contributed by atoms with Crippen molar-refractivity contribution >= 4 is 11.7 Å². The lowest BCUT2D eigenvalue weighted by molar-refractivity contribution is -0.131. The van der Waals surface area contributed by atoms with Crippen molar-refractivity contribution < 1.29 is 19.3 Å². The molecule has 1 aliphatic rings. The van der Waals surface area contributed by atoms with Crippen molar-refractivity contribution in [1.29, 1.82) is 0 Å². The molecule has 8 nitrogen and oxygen atoms in total. The van der Waals surface area contributed by atoms with Crippen LogP contribution in [0.3, 0.4) is 0 Å². The fraction of sp³-hybridized carbons (Fsp3) is 0.615. The Kier molecular flexibility index (Phi) is 4.46. The van der Waals surface area contributed by atoms with Crippen LogP contribution in [0.2, 0.25) is 0 Å². The maximum absolute atomic E-state index is 12.5. The van der Waals surface area contributed by atoms with Crippen LogP contribution in [0.25, 0.3) is 0 Å². The highest BCUT2D eigenvalue weighted by molar-refractivity contribution is 6.06. The summed E-state index contributed by atoms with van der Waals surface area (Å²) in [6.07, 6.45) is 0.770. The molecule has 21 heavy (non-hydrogen) atoms. The van der Waals surface area contributed by atoms with Crippen LogP contribution in [0.1, 0.15) is 29.9 Å². The molecule has 116 valence electrons. The van der Waals surface area contributed by atoms with Gasteiger partial charge in [-0.05, 0) is 26.7 Å². The van der Waals surface area contributed by atoms with Crippen LogP contribution in [-0.4, -0.2) is 35.3 Å². The summed E-state index contributed by atoms with van der Waals surface area (Å²) in [5.41, 5.74) is 6.30. The SMILES string of the molecule is Cc1noc(C)c1CNC(=O)C1(C(N)=NO)CCOCC1. The molecule has 1 aromatic heterocycles. The number of nitrogens with zero attached hydrogens (tertiary/aromatic N) is 2. The number of aromatic nitrogens is 1. The van der Waals surface area contributed by atoms with Gasteiger partial charge in [-0.1, -0.05) is 10.3 Å². The van der Waals surface area contributed by atoms with Crippen LogP contribution in [0.4, 0.5) is 0 Å². The number of oxime groups is 1. The van der Waals surface area contributed by atoms with Gasteiger partial charge in [-0.3, -0.25) is 4.79 Å². The highest BCUT2D eigenvalue weighted by atomic mass is 16.5. The summed E-state index contributed by atoms with van der Waals surface area (Å²) >= 11 is 0. The van der Waals surface area contributed by atoms with Crippen LogP contribution in [-0.2, 0) is 16.1 Å². The minimum atomic E-state index is -1.02. The molecule has 0 aliphatic carbocycles. The fourth-order valence-corrected chi connectivity index (χ4v) is 2.51. The highest BCUT2D eigenvalue weighted by Crippen LogP contribution is 2.31. The number of aryl methyl sites for hydroxylation is 2. The molecule has 0 atom stereocenters. The summed E-state index contributed by atoms with van der Waals surface area (Å²) in [7, 11) is 0. The van der Waals surface area contributed by atoms with Gasteiger partial charge >= 0.3 is 0 Å². The summed E-state index contributed by atoms with van der Waals surface area (Å²) in [4.78, 5) is 12.5. The number of nitrogens with two attached hydrogens (primary N) is 1. The number of amides is 1. The molecular weight excluding hydrogens is 276 g/mol. The largest absolute Gasteiger partial charge is 0.409 e. The number of carbonyl (C=O) groups excluding carboxylic acids is 1. The lowest BCUT2D eigenvalue weighted by atomic mass is 9.78. The third kappa shape index (κ3) is 2.85. The van der Waals surface area contributed by atoms with Crippen molar-refractivity contribution in [3.05, 3.63) is 17.0 Å². The van der Waals surface area contributed by atoms with Gasteiger partial charge in [0.05, 0.1) is 5.69 Å². The number of carbonyl (C=O) groups is 1. The summed E-state index contributed by atoms with van der Waals surface area (Å²) < 4.78 is 10.3. The Morgan fingerprint density at radius 2 is 2.14 bits per heavy atom. The topological polar surface area (TPSA) is 123 Å². The zero-order valence-electron chi connectivity index (χ0n) is 12.2. The molecule has 2 rings (SSSR count). The molecule has 1 amide bonds. The zero-order valence-corrected chi connectivity index (χ0v) is 12.2. The average Bonchev–Trinajstić information content (AvgIpc) is 2.83. The molecule has 0 aromatic carbocycles. The first-order valence-corrected chi connectivity index (χ1v) is 6.77. The third-order valence-corrected chi connectivity index (χ3v) is 3.99. The van der Waals surface area contributed by atoms with Crippen molar-refractivity contribution in [2.24, 2.45) is 16.3 Å². The van der Waals surface area contributed by atoms with E-state index in [-0.39, 0.29) is 11.7 Å². The zero-order chi connectivity index (χ0) is 15.5. The van der Waals surface area contributed by atoms with Crippen molar-refractivity contribution in [1.82, 2.24) is 10.5 Å². The first-order chi connectivity index (χ1) is 10.0. The quantitative estimate of drug-likeness (QED) is 0.321. The van der Waals surface area contributed by atoms with Gasteiger partial charge in [0.25, 0.3) is 0 Å². The first kappa shape index (κ1) is 15.3. The van der Waals surface area contributed by atoms with Gasteiger partial charge < -0.3 is 25.5 Å². The Hall–Kier alpha value is -2.09. The van der Waals surface area contributed by atoms with Crippen molar-refractivity contribution in [3.8, 4) is 0 Å². The number of hydrogen-bond donors (Lipinski definition) is 3. The lowest BCUT2D eigenvalue weighted by Gasteiger charge is -2.34. The number of amidine groups is 1. The van der Waals surface area contributed by atoms with Crippen LogP contribution >= 0.6 is 0 Å². The van der Waals surface area contributed by atoms with E-state index < -0.39 is 5.41 Å².